The molecule has 5 rings (SSSR count). The SMILES string of the molecule is CCOc1cc(C2NN=C3C4CCN(CC4)C32)cc([N+](=O)[O-])c1O. The van der Waals surface area contributed by atoms with Gasteiger partial charge in [0.05, 0.1) is 29.3 Å². The number of nitro groups is 1. The monoisotopic (exact) mass is 332 g/mol. The topological polar surface area (TPSA) is 100 Å². The highest BCUT2D eigenvalue weighted by Gasteiger charge is 2.47. The minimum Gasteiger partial charge on any atom is -0.500 e. The van der Waals surface area contributed by atoms with Crippen LogP contribution in [0.5, 0.6) is 11.5 Å². The normalized spacial score (nSPS) is 30.5. The molecule has 128 valence electrons. The van der Waals surface area contributed by atoms with E-state index in [-0.39, 0.29) is 23.5 Å². The standard InChI is InChI=1S/C16H20N4O4/c1-2-24-12-8-10(7-11(16(12)21)20(22)23)14-15-13(17-18-14)9-3-5-19(15)6-4-9/h7-9,14-15,18,21H,2-6H2,1H3. The van der Waals surface area contributed by atoms with Crippen LogP contribution in [-0.4, -0.2) is 46.4 Å². The molecule has 2 unspecified atom stereocenters. The summed E-state index contributed by atoms with van der Waals surface area (Å²) in [5, 5.41) is 25.9. The van der Waals surface area contributed by atoms with E-state index in [0.29, 0.717) is 12.5 Å². The predicted octanol–water partition coefficient (Wildman–Crippen LogP) is 1.79. The molecule has 0 aromatic heterocycles. The van der Waals surface area contributed by atoms with Gasteiger partial charge < -0.3 is 15.3 Å². The number of nitrogens with zero attached hydrogens (tertiary/aromatic N) is 3. The van der Waals surface area contributed by atoms with Gasteiger partial charge in [-0.05, 0) is 44.5 Å². The van der Waals surface area contributed by atoms with Gasteiger partial charge in [0.15, 0.2) is 5.75 Å². The van der Waals surface area contributed by atoms with Crippen molar-refractivity contribution in [2.24, 2.45) is 11.0 Å². The molecule has 8 heteroatoms. The van der Waals surface area contributed by atoms with Gasteiger partial charge in [-0.1, -0.05) is 0 Å². The van der Waals surface area contributed by atoms with Crippen molar-refractivity contribution in [3.05, 3.63) is 27.8 Å². The zero-order chi connectivity index (χ0) is 16.8. The number of hydrazone groups is 1. The Bertz CT molecular complexity index is 712. The molecule has 0 radical (unpaired) electrons. The average Bonchev–Trinajstić information content (AvgIpc) is 3.05. The van der Waals surface area contributed by atoms with E-state index in [1.165, 1.54) is 6.07 Å². The highest BCUT2D eigenvalue weighted by atomic mass is 16.6. The molecule has 0 aliphatic carbocycles. The summed E-state index contributed by atoms with van der Waals surface area (Å²) >= 11 is 0. The fourth-order valence-electron chi connectivity index (χ4n) is 4.11. The van der Waals surface area contributed by atoms with Crippen molar-refractivity contribution in [2.45, 2.75) is 31.8 Å². The maximum atomic E-state index is 11.3. The molecule has 1 aromatic rings. The lowest BCUT2D eigenvalue weighted by molar-refractivity contribution is -0.386. The molecular formula is C16H20N4O4. The van der Waals surface area contributed by atoms with E-state index in [1.807, 2.05) is 0 Å². The number of phenols is 1. The third-order valence-corrected chi connectivity index (χ3v) is 5.23. The highest BCUT2D eigenvalue weighted by molar-refractivity contribution is 5.95. The van der Waals surface area contributed by atoms with Crippen LogP contribution >= 0.6 is 0 Å². The zero-order valence-electron chi connectivity index (χ0n) is 13.4. The van der Waals surface area contributed by atoms with Crippen molar-refractivity contribution in [1.82, 2.24) is 10.3 Å². The minimum atomic E-state index is -0.578. The van der Waals surface area contributed by atoms with Crippen LogP contribution < -0.4 is 10.2 Å². The van der Waals surface area contributed by atoms with E-state index >= 15 is 0 Å². The summed E-state index contributed by atoms with van der Waals surface area (Å²) in [6.45, 7) is 4.17. The lowest BCUT2D eigenvalue weighted by atomic mass is 9.78. The Labute approximate surface area is 139 Å². The second-order valence-electron chi connectivity index (χ2n) is 6.48. The van der Waals surface area contributed by atoms with Gasteiger partial charge in [-0.15, -0.1) is 0 Å². The van der Waals surface area contributed by atoms with Gasteiger partial charge in [-0.25, -0.2) is 0 Å². The number of nitrogens with one attached hydrogen (secondary N) is 1. The predicted molar refractivity (Wildman–Crippen MR) is 87.3 cm³/mol. The molecule has 24 heavy (non-hydrogen) atoms. The summed E-state index contributed by atoms with van der Waals surface area (Å²) in [5.41, 5.74) is 4.71. The van der Waals surface area contributed by atoms with Crippen molar-refractivity contribution in [2.75, 3.05) is 19.7 Å². The second kappa shape index (κ2) is 5.62. The van der Waals surface area contributed by atoms with Gasteiger partial charge >= 0.3 is 5.69 Å². The number of ether oxygens (including phenoxy) is 1. The number of aromatic hydroxyl groups is 1. The van der Waals surface area contributed by atoms with Gasteiger partial charge in [0.1, 0.15) is 0 Å². The van der Waals surface area contributed by atoms with Crippen molar-refractivity contribution in [3.8, 4) is 11.5 Å². The summed E-state index contributed by atoms with van der Waals surface area (Å²) in [6, 6.07) is 3.10. The lowest BCUT2D eigenvalue weighted by Gasteiger charge is -2.45. The second-order valence-corrected chi connectivity index (χ2v) is 6.48. The van der Waals surface area contributed by atoms with Crippen LogP contribution in [0.25, 0.3) is 0 Å². The molecular weight excluding hydrogens is 312 g/mol. The first kappa shape index (κ1) is 15.2. The number of fused-ring (bicyclic) bond motifs is 2. The molecule has 3 fully saturated rings. The van der Waals surface area contributed by atoms with Gasteiger partial charge in [0, 0.05) is 12.0 Å². The molecule has 4 aliphatic rings. The molecule has 1 aromatic carbocycles. The van der Waals surface area contributed by atoms with Crippen LogP contribution in [0.4, 0.5) is 5.69 Å². The van der Waals surface area contributed by atoms with Crippen molar-refractivity contribution < 1.29 is 14.8 Å². The van der Waals surface area contributed by atoms with Crippen LogP contribution in [0, 0.1) is 16.0 Å². The molecule has 0 spiro atoms. The summed E-state index contributed by atoms with van der Waals surface area (Å²) in [5.74, 6) is 0.235. The largest absolute Gasteiger partial charge is 0.500 e. The Morgan fingerprint density at radius 3 is 2.88 bits per heavy atom. The lowest BCUT2D eigenvalue weighted by Crippen LogP contribution is -2.56. The van der Waals surface area contributed by atoms with Gasteiger partial charge in [-0.3, -0.25) is 15.0 Å². The number of hydrogen-bond acceptors (Lipinski definition) is 7. The van der Waals surface area contributed by atoms with E-state index in [2.05, 4.69) is 15.4 Å². The molecule has 0 saturated carbocycles. The molecule has 4 aliphatic heterocycles. The van der Waals surface area contributed by atoms with Crippen LogP contribution in [-0.2, 0) is 0 Å². The summed E-state index contributed by atoms with van der Waals surface area (Å²) < 4.78 is 5.39. The van der Waals surface area contributed by atoms with E-state index in [4.69, 9.17) is 4.74 Å². The fourth-order valence-corrected chi connectivity index (χ4v) is 4.11. The van der Waals surface area contributed by atoms with Gasteiger partial charge in [0.2, 0.25) is 5.75 Å². The van der Waals surface area contributed by atoms with E-state index < -0.39 is 10.7 Å². The first-order chi connectivity index (χ1) is 11.6. The van der Waals surface area contributed by atoms with Gasteiger partial charge in [0.25, 0.3) is 0 Å². The maximum Gasteiger partial charge on any atom is 0.315 e. The average molecular weight is 332 g/mol. The van der Waals surface area contributed by atoms with Crippen LogP contribution in [0.3, 0.4) is 0 Å². The van der Waals surface area contributed by atoms with E-state index in [0.717, 1.165) is 37.2 Å². The third-order valence-electron chi connectivity index (χ3n) is 5.23. The number of piperidine rings is 3. The van der Waals surface area contributed by atoms with Crippen molar-refractivity contribution in [1.29, 1.82) is 0 Å². The summed E-state index contributed by atoms with van der Waals surface area (Å²) in [4.78, 5) is 13.1. The fraction of sp³-hybridized carbons (Fsp3) is 0.562. The summed E-state index contributed by atoms with van der Waals surface area (Å²) in [7, 11) is 0. The molecule has 2 bridgehead atoms. The number of benzene rings is 1. The molecule has 0 amide bonds. The first-order valence-corrected chi connectivity index (χ1v) is 8.31. The molecule has 4 heterocycles. The third kappa shape index (κ3) is 2.21. The smallest absolute Gasteiger partial charge is 0.315 e. The van der Waals surface area contributed by atoms with Crippen LogP contribution in [0.15, 0.2) is 17.2 Å². The van der Waals surface area contributed by atoms with Crippen molar-refractivity contribution in [3.63, 3.8) is 0 Å². The first-order valence-electron chi connectivity index (χ1n) is 8.31. The highest BCUT2D eigenvalue weighted by Crippen LogP contribution is 2.43. The Hall–Kier alpha value is -2.35. The Balaban J connectivity index is 1.73. The summed E-state index contributed by atoms with van der Waals surface area (Å²) in [6.07, 6.45) is 2.26. The quantitative estimate of drug-likeness (QED) is 0.644. The number of nitro benzene ring substituents is 1. The Morgan fingerprint density at radius 1 is 1.46 bits per heavy atom. The van der Waals surface area contributed by atoms with E-state index in [9.17, 15) is 15.2 Å². The zero-order valence-corrected chi connectivity index (χ0v) is 13.4. The van der Waals surface area contributed by atoms with E-state index in [1.54, 1.807) is 13.0 Å². The van der Waals surface area contributed by atoms with Gasteiger partial charge in [-0.2, -0.15) is 5.10 Å². The number of hydrogen-bond donors (Lipinski definition) is 2. The maximum absolute atomic E-state index is 11.3. The number of rotatable bonds is 4. The molecule has 2 N–H and O–H groups in total. The Kier molecular flexibility index (Phi) is 3.56. The molecule has 2 atom stereocenters. The molecule has 8 nitrogen and oxygen atoms in total. The van der Waals surface area contributed by atoms with Crippen LogP contribution in [0.1, 0.15) is 31.4 Å². The van der Waals surface area contributed by atoms with Crippen LogP contribution in [0.2, 0.25) is 0 Å². The molecule has 3 saturated heterocycles. The van der Waals surface area contributed by atoms with Crippen molar-refractivity contribution >= 4 is 11.4 Å². The number of phenolic OH excluding ortho intramolecular Hbond substituents is 1. The Morgan fingerprint density at radius 2 is 2.21 bits per heavy atom. The minimum absolute atomic E-state index is 0.135.